The number of methoxy groups -OCH3 is 4. The molecule has 0 aliphatic carbocycles. The molecule has 138 heavy (non-hydrogen) atoms. The van der Waals surface area contributed by atoms with Crippen LogP contribution in [0, 0.1) is 23.7 Å². The van der Waals surface area contributed by atoms with Gasteiger partial charge >= 0.3 is 42.3 Å². The monoisotopic (exact) mass is 2200 g/mol. The summed E-state index contributed by atoms with van der Waals surface area (Å²) in [5.74, 6) is -10.00. The van der Waals surface area contributed by atoms with Gasteiger partial charge in [-0.1, -0.05) is 193 Å². The molecule has 0 bridgehead atoms. The number of aliphatic imine (C=N–C) groups is 1. The highest BCUT2D eigenvalue weighted by Gasteiger charge is 2.59. The number of allylic oxidation sites excluding steroid dienone is 1. The van der Waals surface area contributed by atoms with Crippen LogP contribution in [0.15, 0.2) is 128 Å². The first kappa shape index (κ1) is 118. The van der Waals surface area contributed by atoms with Crippen LogP contribution in [-0.2, 0) is 111 Å². The van der Waals surface area contributed by atoms with Crippen LogP contribution in [-0.4, -0.2) is 322 Å². The van der Waals surface area contributed by atoms with E-state index in [0.717, 1.165) is 48.3 Å². The molecule has 8 amide bonds. The molecule has 9 aliphatic rings. The summed E-state index contributed by atoms with van der Waals surface area (Å²) < 4.78 is 77.9. The first-order chi connectivity index (χ1) is 64.5. The number of nitrogens with zero attached hydrogens (tertiary/aromatic N) is 5. The first-order valence-electron chi connectivity index (χ1n) is 43.8. The number of ether oxygens (including phenoxy) is 14. The van der Waals surface area contributed by atoms with Crippen molar-refractivity contribution < 1.29 is 149 Å². The normalized spacial score (nSPS) is 19.7. The zero-order valence-electron chi connectivity index (χ0n) is 78.9. The Bertz CT molecular complexity index is 4780. The van der Waals surface area contributed by atoms with Crippen molar-refractivity contribution in [2.24, 2.45) is 28.7 Å². The van der Waals surface area contributed by atoms with Gasteiger partial charge in [0.25, 0.3) is 5.97 Å². The number of ketones is 2. The Morgan fingerprint density at radius 3 is 1.07 bits per heavy atom. The minimum atomic E-state index is -1.13. The largest absolute Gasteiger partial charge is 0.481 e. The average molecular weight is 2200 g/mol. The number of Topliss-reactive ketones (excluding diaryl/α,β-unsaturated/α-hetero) is 2. The summed E-state index contributed by atoms with van der Waals surface area (Å²) >= 11 is 13.2. The highest BCUT2D eigenvalue weighted by molar-refractivity contribution is 9.11. The maximum absolute atomic E-state index is 13.6. The van der Waals surface area contributed by atoms with E-state index in [0.29, 0.717) is 83.1 Å². The number of aliphatic hydroxyl groups is 1. The Labute approximate surface area is 835 Å². The van der Waals surface area contributed by atoms with Gasteiger partial charge in [0, 0.05) is 82.1 Å². The second kappa shape index (κ2) is 56.4. The number of likely N-dealkylation sites (tertiary alicyclic amines) is 4. The van der Waals surface area contributed by atoms with Gasteiger partial charge in [-0.15, -0.1) is 0 Å². The third-order valence-electron chi connectivity index (χ3n) is 22.3. The summed E-state index contributed by atoms with van der Waals surface area (Å²) in [6.07, 6.45) is 0.482. The van der Waals surface area contributed by atoms with Crippen molar-refractivity contribution in [3.05, 3.63) is 145 Å². The highest BCUT2D eigenvalue weighted by Crippen LogP contribution is 2.42. The number of nitrogens with one attached hydrogen (secondary N) is 4. The maximum atomic E-state index is 13.6. The number of alkyl carbamates (subject to hydrolysis) is 4. The molecule has 41 nitrogen and oxygen atoms in total. The first-order valence-corrected chi connectivity index (χ1v) is 47.3. The molecule has 8 atom stereocenters. The number of benzene rings is 4. The van der Waals surface area contributed by atoms with E-state index in [4.69, 9.17) is 72.1 Å². The number of aliphatic hydroxyl groups excluding tert-OH is 1. The van der Waals surface area contributed by atoms with Crippen LogP contribution < -0.4 is 27.4 Å². The lowest BCUT2D eigenvalue weighted by molar-refractivity contribution is -0.155. The molecule has 8 fully saturated rings. The van der Waals surface area contributed by atoms with Crippen molar-refractivity contribution in [3.63, 3.8) is 0 Å². The maximum Gasteiger partial charge on any atom is 0.407 e. The fourth-order valence-electron chi connectivity index (χ4n) is 15.5. The molecular formula is C93H128Br4N10O31. The van der Waals surface area contributed by atoms with E-state index in [1.165, 1.54) is 43.1 Å². The van der Waals surface area contributed by atoms with Crippen LogP contribution in [0.2, 0.25) is 0 Å². The van der Waals surface area contributed by atoms with Gasteiger partial charge in [-0.3, -0.25) is 38.6 Å². The van der Waals surface area contributed by atoms with Crippen molar-refractivity contribution in [2.45, 2.75) is 187 Å². The van der Waals surface area contributed by atoms with E-state index in [2.05, 4.69) is 99.2 Å². The Balaban J connectivity index is 0.000000306. The predicted octanol–water partition coefficient (Wildman–Crippen LogP) is 10.4. The van der Waals surface area contributed by atoms with E-state index in [-0.39, 0.29) is 113 Å². The van der Waals surface area contributed by atoms with Crippen molar-refractivity contribution in [2.75, 3.05) is 126 Å². The molecule has 10 N–H and O–H groups in total. The molecule has 9 heterocycles. The van der Waals surface area contributed by atoms with Gasteiger partial charge in [0.2, 0.25) is 23.6 Å². The number of aliphatic carboxylic acids is 2. The highest BCUT2D eigenvalue weighted by atomic mass is 79.9. The number of hydrogen-bond donors (Lipinski definition) is 8. The number of carboxylic acid groups (broad SMARTS) is 2. The van der Waals surface area contributed by atoms with E-state index < -0.39 is 138 Å². The predicted molar refractivity (Wildman–Crippen MR) is 513 cm³/mol. The molecule has 45 heteroatoms. The van der Waals surface area contributed by atoms with Gasteiger partial charge in [0.05, 0.1) is 119 Å². The third-order valence-corrected chi connectivity index (χ3v) is 24.4. The molecule has 4 aromatic carbocycles. The van der Waals surface area contributed by atoms with Gasteiger partial charge in [-0.05, 0) is 83.7 Å². The Kier molecular flexibility index (Phi) is 48.5. The molecule has 0 radical (unpaired) electrons. The number of carbonyl (C=O) groups is 14. The number of carbonyl (C=O) groups excluding carboxylic acids is 12. The van der Waals surface area contributed by atoms with Gasteiger partial charge in [-0.25, -0.2) is 33.6 Å². The van der Waals surface area contributed by atoms with Gasteiger partial charge < -0.3 is 129 Å². The van der Waals surface area contributed by atoms with Gasteiger partial charge in [-0.2, -0.15) is 0 Å². The molecule has 8 saturated heterocycles. The molecular weight excluding hydrogens is 2070 g/mol. The van der Waals surface area contributed by atoms with Gasteiger partial charge in [0.15, 0.2) is 41.3 Å². The number of amides is 8. The Morgan fingerprint density at radius 2 is 0.746 bits per heavy atom. The number of rotatable bonds is 24. The topological polar surface area (TPSA) is 537 Å². The van der Waals surface area contributed by atoms with Crippen molar-refractivity contribution in [3.8, 4) is 0 Å². The molecule has 9 aliphatic heterocycles. The number of hydrogen-bond acceptors (Lipinski definition) is 31. The zero-order valence-corrected chi connectivity index (χ0v) is 85.2. The fourth-order valence-corrected chi connectivity index (χ4v) is 16.7. The molecule has 4 spiro atoms. The minimum absolute atomic E-state index is 0. The second-order valence-electron chi connectivity index (χ2n) is 33.4. The second-order valence-corrected chi connectivity index (χ2v) is 36.7. The van der Waals surface area contributed by atoms with Crippen LogP contribution in [0.5, 0.6) is 0 Å². The van der Waals surface area contributed by atoms with Crippen LogP contribution >= 0.6 is 63.7 Å². The van der Waals surface area contributed by atoms with Gasteiger partial charge in [0.1, 0.15) is 48.9 Å². The molecule has 764 valence electrons. The van der Waals surface area contributed by atoms with Crippen molar-refractivity contribution >= 4 is 158 Å². The van der Waals surface area contributed by atoms with Crippen LogP contribution in [0.3, 0.4) is 0 Å². The molecule has 4 aromatic rings. The fraction of sp³-hybridized carbons (Fsp3) is 0.559. The summed E-state index contributed by atoms with van der Waals surface area (Å²) in [6, 6.07) is 24.7. The van der Waals surface area contributed by atoms with Crippen molar-refractivity contribution in [1.29, 1.82) is 0 Å². The smallest absolute Gasteiger partial charge is 0.407 e. The number of carboxylic acids is 2. The van der Waals surface area contributed by atoms with Crippen molar-refractivity contribution in [1.82, 2.24) is 47.0 Å². The Hall–Kier alpha value is -10.0. The minimum Gasteiger partial charge on any atom is -0.481 e. The van der Waals surface area contributed by atoms with Crippen LogP contribution in [0.1, 0.15) is 141 Å². The van der Waals surface area contributed by atoms with E-state index in [1.54, 1.807) is 89.8 Å². The third kappa shape index (κ3) is 33.9. The summed E-state index contributed by atoms with van der Waals surface area (Å²) in [6.45, 7) is 20.6. The number of esters is 2. The standard InChI is InChI=1S/C23H28BrN3O5.C22H27BrN2O8.C21H28N2O7.C14H22N2O7.C8H6Br2O.C2H4O2.C2H6O.CH4.H3N/c1-14(2)20(26-22(29)30-3)21(28)27-13-23(31-8-9-32-23)11-19(27)18-10-16(12-25-18)15-4-6-17(24)7-5-15;1-13(2)18(24-21(29)30-3)19(27)25-12-22(32-8-9-33-22)10-16(25)20(28)31-11-17(26)14-4-6-15(23)7-5-14;1-14(2)17(22-20(26)27-3)18(24)23-13-21(29-9-10-30-21)11-16(23)19(25)28-12-15-7-5-4-6-8-15;1-8(2)10(15-13(20)21-3)11(17)16-7-14(22-4-5-23-14)6-9(16)12(18)19;9-5-8(11)6-1-3-7(10)4-2-6;1-2(3)4;1-2-3;;/h4-7,12,14,19-20H,8-11,13H2,1-3H3,(H,26,29);4-7,13,16,18H,8-12H2,1-3H3,(H,24,29);4-8,14,16-17H,9-13H2,1-3H3,(H,22,26);8-10H,4-7H2,1-3H3,(H,15,20)(H,18,19);1-4H,5H2;1H3,(H,3,4);3H,2H2,1H3;1H4;1H3/t19-,20-;16-,18-;16-,17-;9-,10-;;;;;/m0000...../s1. The molecule has 0 unspecified atom stereocenters. The van der Waals surface area contributed by atoms with E-state index in [1.807, 2.05) is 86.8 Å². The summed E-state index contributed by atoms with van der Waals surface area (Å²) in [5.41, 5.74) is 5.07. The lowest BCUT2D eigenvalue weighted by Gasteiger charge is -2.31. The summed E-state index contributed by atoms with van der Waals surface area (Å²) in [4.78, 5) is 180. The number of alkyl halides is 1. The average Bonchev–Trinajstić information content (AvgIpc) is 1.51. The van der Waals surface area contributed by atoms with E-state index in [9.17, 15) is 67.4 Å². The lowest BCUT2D eigenvalue weighted by atomic mass is 9.97. The Morgan fingerprint density at radius 1 is 0.449 bits per heavy atom. The zero-order chi connectivity index (χ0) is 101. The SMILES string of the molecule is C.CC(=O)O.CCO.COC(=O)N[C@H](C(=O)N1CC2(C[C@H]1C(=O)O)OCCO2)C(C)C.COC(=O)N[C@H](C(=O)N1CC2(C[C@H]1C(=O)OCC(=O)c1ccc(Br)cc1)OCCO2)C(C)C.COC(=O)N[C@H](C(=O)N1CC2(C[C@H]1C(=O)OCc1ccccc1)OCCO2)C(C)C.COC(=O)N[C@H](C(=O)N1CC2(C[C@H]1C1=NC=C(c3ccc(Br)cc3)C1)OCCO2)C(C)C.N.O=C(CBr)c1ccc(Br)cc1. The van der Waals surface area contributed by atoms with E-state index >= 15 is 0 Å². The molecule has 13 rings (SSSR count). The van der Waals surface area contributed by atoms with Crippen LogP contribution in [0.25, 0.3) is 5.57 Å². The number of halogens is 4. The lowest BCUT2D eigenvalue weighted by Crippen LogP contribution is -2.54. The van der Waals surface area contributed by atoms with Crippen LogP contribution in [0.4, 0.5) is 19.2 Å². The summed E-state index contributed by atoms with van der Waals surface area (Å²) in [7, 11) is 4.91. The quantitative estimate of drug-likeness (QED) is 0.0140. The molecule has 0 aromatic heterocycles. The molecule has 0 saturated carbocycles. The summed E-state index contributed by atoms with van der Waals surface area (Å²) in [5, 5.41) is 35.0.